The number of likely N-dealkylation sites (tertiary alicyclic amines) is 1. The molecule has 2 fully saturated rings. The lowest BCUT2D eigenvalue weighted by Gasteiger charge is -2.32. The molecule has 1 aliphatic heterocycles. The molecule has 2 aromatic rings. The van der Waals surface area contributed by atoms with E-state index in [1.165, 1.54) is 36.5 Å². The fourth-order valence-electron chi connectivity index (χ4n) is 4.39. The third-order valence-electron chi connectivity index (χ3n) is 6.15. The fourth-order valence-corrected chi connectivity index (χ4v) is 4.82. The highest BCUT2D eigenvalue weighted by molar-refractivity contribution is 7.89. The topological polar surface area (TPSA) is 78.5 Å². The minimum absolute atomic E-state index is 0. The molecular weight excluding hydrogens is 493 g/mol. The first-order valence-corrected chi connectivity index (χ1v) is 13.1. The molecule has 1 saturated heterocycles. The van der Waals surface area contributed by atoms with Gasteiger partial charge in [-0.2, -0.15) is 0 Å². The number of hydrogen-bond acceptors (Lipinski definition) is 5. The Morgan fingerprint density at radius 3 is 2.29 bits per heavy atom. The Balaban J connectivity index is 0.00000204. The van der Waals surface area contributed by atoms with Crippen LogP contribution in [0.25, 0.3) is 6.08 Å². The number of halogens is 2. The monoisotopic (exact) mass is 525 g/mol. The van der Waals surface area contributed by atoms with Crippen molar-refractivity contribution in [3.63, 3.8) is 0 Å². The van der Waals surface area contributed by atoms with Crippen LogP contribution in [0.2, 0.25) is 0 Å². The van der Waals surface area contributed by atoms with Crippen LogP contribution in [0.1, 0.15) is 41.9 Å². The van der Waals surface area contributed by atoms with E-state index in [0.717, 1.165) is 31.5 Å². The number of sulfonamides is 1. The van der Waals surface area contributed by atoms with Crippen LogP contribution in [0.4, 0.5) is 0 Å². The third-order valence-corrected chi connectivity index (χ3v) is 6.73. The Kier molecular flexibility index (Phi) is 10.6. The van der Waals surface area contributed by atoms with Gasteiger partial charge >= 0.3 is 0 Å². The Morgan fingerprint density at radius 2 is 1.68 bits per heavy atom. The molecule has 2 aromatic carbocycles. The van der Waals surface area contributed by atoms with Crippen LogP contribution in [-0.2, 0) is 21.4 Å². The van der Waals surface area contributed by atoms with E-state index < -0.39 is 15.9 Å². The van der Waals surface area contributed by atoms with Crippen molar-refractivity contribution in [3.8, 4) is 0 Å². The van der Waals surface area contributed by atoms with Gasteiger partial charge < -0.3 is 5.32 Å². The molecule has 0 bridgehead atoms. The summed E-state index contributed by atoms with van der Waals surface area (Å²) >= 11 is 0. The van der Waals surface area contributed by atoms with Crippen molar-refractivity contribution in [2.75, 3.05) is 19.3 Å². The molecule has 6 nitrogen and oxygen atoms in total. The SMILES string of the molecule is CS(=O)(=O)NC(=O)/C=C/c1ccc(CN2CCC(NC3CC3c3ccccc3)CC2)cc1.Cl.Cl. The van der Waals surface area contributed by atoms with Gasteiger partial charge in [0.15, 0.2) is 0 Å². The number of piperidine rings is 1. The highest BCUT2D eigenvalue weighted by Crippen LogP contribution is 2.41. The largest absolute Gasteiger partial charge is 0.311 e. The van der Waals surface area contributed by atoms with E-state index in [2.05, 4.69) is 52.7 Å². The highest BCUT2D eigenvalue weighted by Gasteiger charge is 2.39. The van der Waals surface area contributed by atoms with Crippen LogP contribution in [0.15, 0.2) is 60.7 Å². The summed E-state index contributed by atoms with van der Waals surface area (Å²) in [6.45, 7) is 3.10. The minimum atomic E-state index is -3.53. The zero-order chi connectivity index (χ0) is 22.6. The number of carbonyl (C=O) groups is 1. The van der Waals surface area contributed by atoms with E-state index in [1.807, 2.05) is 16.9 Å². The maximum atomic E-state index is 11.6. The van der Waals surface area contributed by atoms with E-state index in [1.54, 1.807) is 6.08 Å². The van der Waals surface area contributed by atoms with Crippen molar-refractivity contribution in [2.45, 2.75) is 43.8 Å². The molecule has 34 heavy (non-hydrogen) atoms. The van der Waals surface area contributed by atoms with Gasteiger partial charge in [-0.1, -0.05) is 54.6 Å². The minimum Gasteiger partial charge on any atom is -0.311 e. The van der Waals surface area contributed by atoms with Gasteiger partial charge in [0.25, 0.3) is 5.91 Å². The third kappa shape index (κ3) is 8.71. The molecule has 2 unspecified atom stereocenters. The Bertz CT molecular complexity index is 1050. The lowest BCUT2D eigenvalue weighted by molar-refractivity contribution is -0.114. The first-order chi connectivity index (χ1) is 15.4. The molecule has 1 heterocycles. The summed E-state index contributed by atoms with van der Waals surface area (Å²) in [5, 5.41) is 3.87. The maximum Gasteiger partial charge on any atom is 0.257 e. The molecule has 1 aliphatic carbocycles. The van der Waals surface area contributed by atoms with E-state index in [-0.39, 0.29) is 24.8 Å². The van der Waals surface area contributed by atoms with Crippen LogP contribution in [0, 0.1) is 0 Å². The smallest absolute Gasteiger partial charge is 0.257 e. The quantitative estimate of drug-likeness (QED) is 0.513. The summed E-state index contributed by atoms with van der Waals surface area (Å²) in [5.74, 6) is 0.0357. The standard InChI is InChI=1S/C25H31N3O3S.2ClH/c1-32(30,31)27-25(29)12-11-19-7-9-20(10-8-19)18-28-15-13-22(14-16-28)26-24-17-23(24)21-5-3-2-4-6-21;;/h2-12,22-24,26H,13-18H2,1H3,(H,27,29);2*1H/b12-11+;;. The van der Waals surface area contributed by atoms with E-state index >= 15 is 0 Å². The Hall–Kier alpha value is -1.90. The van der Waals surface area contributed by atoms with E-state index in [4.69, 9.17) is 0 Å². The van der Waals surface area contributed by atoms with E-state index in [9.17, 15) is 13.2 Å². The van der Waals surface area contributed by atoms with Crippen LogP contribution in [0.5, 0.6) is 0 Å². The van der Waals surface area contributed by atoms with Gasteiger partial charge in [0, 0.05) is 30.6 Å². The molecule has 186 valence electrons. The second kappa shape index (κ2) is 12.7. The van der Waals surface area contributed by atoms with Crippen molar-refractivity contribution < 1.29 is 13.2 Å². The van der Waals surface area contributed by atoms with Crippen LogP contribution < -0.4 is 10.0 Å². The molecule has 2 atom stereocenters. The molecule has 9 heteroatoms. The van der Waals surface area contributed by atoms with Gasteiger partial charge in [0.1, 0.15) is 0 Å². The van der Waals surface area contributed by atoms with Gasteiger partial charge in [-0.05, 0) is 55.1 Å². The molecular formula is C25H33Cl2N3O3S. The predicted octanol–water partition coefficient (Wildman–Crippen LogP) is 3.73. The second-order valence-corrected chi connectivity index (χ2v) is 10.6. The summed E-state index contributed by atoms with van der Waals surface area (Å²) in [6, 6.07) is 20.1. The number of benzene rings is 2. The molecule has 0 aromatic heterocycles. The summed E-state index contributed by atoms with van der Waals surface area (Å²) in [7, 11) is -3.53. The van der Waals surface area contributed by atoms with Crippen molar-refractivity contribution >= 4 is 46.8 Å². The first-order valence-electron chi connectivity index (χ1n) is 11.2. The Morgan fingerprint density at radius 1 is 1.03 bits per heavy atom. The van der Waals surface area contributed by atoms with Crippen LogP contribution in [0.3, 0.4) is 0 Å². The average Bonchev–Trinajstić information content (AvgIpc) is 3.53. The van der Waals surface area contributed by atoms with Gasteiger partial charge in [0.2, 0.25) is 10.0 Å². The van der Waals surface area contributed by atoms with Crippen LogP contribution in [-0.4, -0.2) is 50.7 Å². The fraction of sp³-hybridized carbons (Fsp3) is 0.400. The van der Waals surface area contributed by atoms with Crippen molar-refractivity contribution in [1.29, 1.82) is 0 Å². The maximum absolute atomic E-state index is 11.6. The summed E-state index contributed by atoms with van der Waals surface area (Å²) in [4.78, 5) is 14.1. The number of nitrogens with one attached hydrogen (secondary N) is 2. The van der Waals surface area contributed by atoms with Crippen molar-refractivity contribution in [2.24, 2.45) is 0 Å². The van der Waals surface area contributed by atoms with Crippen molar-refractivity contribution in [3.05, 3.63) is 77.4 Å². The van der Waals surface area contributed by atoms with Gasteiger partial charge in [0.05, 0.1) is 6.26 Å². The number of carbonyl (C=O) groups excluding carboxylic acids is 1. The Labute approximate surface area is 215 Å². The zero-order valence-electron chi connectivity index (χ0n) is 19.2. The van der Waals surface area contributed by atoms with Crippen molar-refractivity contribution in [1.82, 2.24) is 14.9 Å². The lowest BCUT2D eigenvalue weighted by atomic mass is 10.0. The number of amides is 1. The summed E-state index contributed by atoms with van der Waals surface area (Å²) in [6.07, 6.45) is 7.40. The molecule has 0 spiro atoms. The van der Waals surface area contributed by atoms with Gasteiger partial charge in [-0.3, -0.25) is 9.69 Å². The average molecular weight is 527 g/mol. The van der Waals surface area contributed by atoms with Gasteiger partial charge in [-0.25, -0.2) is 13.1 Å². The molecule has 1 saturated carbocycles. The normalized spacial score (nSPS) is 20.9. The van der Waals surface area contributed by atoms with Crippen LogP contribution >= 0.6 is 24.8 Å². The molecule has 2 N–H and O–H groups in total. The molecule has 0 radical (unpaired) electrons. The summed E-state index contributed by atoms with van der Waals surface area (Å²) < 4.78 is 24.0. The molecule has 1 amide bonds. The zero-order valence-corrected chi connectivity index (χ0v) is 21.7. The molecule has 4 rings (SSSR count). The summed E-state index contributed by atoms with van der Waals surface area (Å²) in [5.41, 5.74) is 3.55. The molecule has 2 aliphatic rings. The number of nitrogens with zero attached hydrogens (tertiary/aromatic N) is 1. The number of hydrogen-bond donors (Lipinski definition) is 2. The van der Waals surface area contributed by atoms with E-state index in [0.29, 0.717) is 18.0 Å². The second-order valence-electron chi connectivity index (χ2n) is 8.89. The lowest BCUT2D eigenvalue weighted by Crippen LogP contribution is -2.43. The highest BCUT2D eigenvalue weighted by atomic mass is 35.5. The first kappa shape index (κ1) is 28.3. The predicted molar refractivity (Wildman–Crippen MR) is 142 cm³/mol. The van der Waals surface area contributed by atoms with Gasteiger partial charge in [-0.15, -0.1) is 24.8 Å². The number of rotatable bonds is 8.